The third kappa shape index (κ3) is 5.47. The number of methoxy groups -OCH3 is 1. The van der Waals surface area contributed by atoms with Gasteiger partial charge in [-0.25, -0.2) is 9.97 Å². The quantitative estimate of drug-likeness (QED) is 0.312. The van der Waals surface area contributed by atoms with Crippen molar-refractivity contribution < 1.29 is 9.53 Å². The van der Waals surface area contributed by atoms with Crippen molar-refractivity contribution in [3.05, 3.63) is 66.6 Å². The van der Waals surface area contributed by atoms with Crippen molar-refractivity contribution in [1.29, 1.82) is 0 Å². The Morgan fingerprint density at radius 3 is 2.47 bits per heavy atom. The fraction of sp³-hybridized carbons (Fsp3) is 0.441. The first-order valence-electron chi connectivity index (χ1n) is 15.6. The molecule has 0 radical (unpaired) electrons. The SMILES string of the molecule is COc1cc(-c2cn(C3CCC(N4CCN(C)CC4)CC3)c3ncnc(N)c23)ccc1NC(=O)C1C[C@@H]1c1ccccc1. The number of aromatic nitrogens is 3. The van der Waals surface area contributed by atoms with Crippen molar-refractivity contribution in [1.82, 2.24) is 24.3 Å². The maximum atomic E-state index is 13.1. The zero-order valence-electron chi connectivity index (χ0n) is 25.1. The third-order valence-corrected chi connectivity index (χ3v) is 9.88. The summed E-state index contributed by atoms with van der Waals surface area (Å²) in [6.45, 7) is 4.64. The van der Waals surface area contributed by atoms with E-state index in [1.165, 1.54) is 31.5 Å². The van der Waals surface area contributed by atoms with Crippen LogP contribution in [0.4, 0.5) is 11.5 Å². The molecule has 2 aromatic heterocycles. The smallest absolute Gasteiger partial charge is 0.228 e. The first-order valence-corrected chi connectivity index (χ1v) is 15.6. The number of nitrogens with two attached hydrogens (primary N) is 1. The maximum Gasteiger partial charge on any atom is 0.228 e. The Morgan fingerprint density at radius 1 is 0.977 bits per heavy atom. The molecule has 0 bridgehead atoms. The Hall–Kier alpha value is -3.95. The van der Waals surface area contributed by atoms with E-state index in [4.69, 9.17) is 15.5 Å². The summed E-state index contributed by atoms with van der Waals surface area (Å²) in [5, 5.41) is 3.98. The topological polar surface area (TPSA) is 102 Å². The summed E-state index contributed by atoms with van der Waals surface area (Å²) in [5.74, 6) is 1.38. The van der Waals surface area contributed by atoms with Crippen LogP contribution in [-0.4, -0.2) is 76.6 Å². The molecule has 43 heavy (non-hydrogen) atoms. The number of anilines is 2. The minimum atomic E-state index is -0.0203. The number of piperazine rings is 1. The molecule has 1 saturated heterocycles. The van der Waals surface area contributed by atoms with Gasteiger partial charge in [-0.1, -0.05) is 36.4 Å². The molecule has 2 aromatic carbocycles. The van der Waals surface area contributed by atoms with Crippen LogP contribution in [0.1, 0.15) is 49.6 Å². The van der Waals surface area contributed by atoms with Gasteiger partial charge >= 0.3 is 0 Å². The van der Waals surface area contributed by atoms with Gasteiger partial charge in [-0.15, -0.1) is 0 Å². The molecule has 9 nitrogen and oxygen atoms in total. The Bertz CT molecular complexity index is 1600. The lowest BCUT2D eigenvalue weighted by atomic mass is 9.89. The number of nitrogens with zero attached hydrogens (tertiary/aromatic N) is 5. The number of rotatable bonds is 7. The zero-order chi connectivity index (χ0) is 29.5. The van der Waals surface area contributed by atoms with Crippen LogP contribution in [0, 0.1) is 5.92 Å². The number of fused-ring (bicyclic) bond motifs is 1. The summed E-state index contributed by atoms with van der Waals surface area (Å²) in [7, 11) is 3.85. The second-order valence-corrected chi connectivity index (χ2v) is 12.5. The Labute approximate surface area is 253 Å². The molecule has 3 aliphatic rings. The number of ether oxygens (including phenoxy) is 1. The molecule has 3 N–H and O–H groups in total. The lowest BCUT2D eigenvalue weighted by Gasteiger charge is -2.41. The molecule has 7 rings (SSSR count). The van der Waals surface area contributed by atoms with Crippen molar-refractivity contribution in [3.8, 4) is 16.9 Å². The van der Waals surface area contributed by atoms with Crippen molar-refractivity contribution in [2.45, 2.75) is 50.1 Å². The standard InChI is InChI=1S/C34H41N7O2/c1-39-14-16-40(17-15-39)24-9-11-25(12-10-24)41-20-28(31-32(35)36-21-37-33(31)41)23-8-13-29(30(18-23)43-2)38-34(42)27-19-26(27)22-6-4-3-5-7-22/h3-8,13,18,20-21,24-27H,9-12,14-17,19H2,1-2H3,(H,38,42)(H2,35,36,37)/t24?,25?,26-,27?/m1/s1. The number of nitrogen functional groups attached to an aromatic ring is 1. The van der Waals surface area contributed by atoms with Gasteiger partial charge in [0.15, 0.2) is 0 Å². The molecular formula is C34H41N7O2. The number of nitrogens with one attached hydrogen (secondary N) is 1. The highest BCUT2D eigenvalue weighted by atomic mass is 16.5. The van der Waals surface area contributed by atoms with Gasteiger partial charge in [0.05, 0.1) is 18.2 Å². The number of benzene rings is 2. The van der Waals surface area contributed by atoms with Gasteiger partial charge in [0.1, 0.15) is 23.5 Å². The van der Waals surface area contributed by atoms with Gasteiger partial charge in [-0.3, -0.25) is 9.69 Å². The van der Waals surface area contributed by atoms with E-state index in [1.54, 1.807) is 13.4 Å². The van der Waals surface area contributed by atoms with Crippen molar-refractivity contribution in [2.75, 3.05) is 51.4 Å². The summed E-state index contributed by atoms with van der Waals surface area (Å²) >= 11 is 0. The fourth-order valence-electron chi connectivity index (χ4n) is 7.24. The minimum absolute atomic E-state index is 0.0203. The molecule has 1 aliphatic heterocycles. The van der Waals surface area contributed by atoms with E-state index in [0.29, 0.717) is 29.3 Å². The first kappa shape index (κ1) is 27.9. The van der Waals surface area contributed by atoms with E-state index in [-0.39, 0.29) is 17.7 Å². The third-order valence-electron chi connectivity index (χ3n) is 9.88. The van der Waals surface area contributed by atoms with E-state index in [2.05, 4.69) is 50.0 Å². The second kappa shape index (κ2) is 11.6. The van der Waals surface area contributed by atoms with Gasteiger partial charge in [0.2, 0.25) is 5.91 Å². The summed E-state index contributed by atoms with van der Waals surface area (Å²) in [6.07, 6.45) is 9.24. The van der Waals surface area contributed by atoms with E-state index >= 15 is 0 Å². The minimum Gasteiger partial charge on any atom is -0.495 e. The fourth-order valence-corrected chi connectivity index (χ4v) is 7.24. The summed E-state index contributed by atoms with van der Waals surface area (Å²) in [5.41, 5.74) is 11.2. The lowest BCUT2D eigenvalue weighted by molar-refractivity contribution is -0.117. The van der Waals surface area contributed by atoms with Crippen LogP contribution in [-0.2, 0) is 4.79 Å². The highest BCUT2D eigenvalue weighted by molar-refractivity contribution is 6.02. The van der Waals surface area contributed by atoms with Crippen LogP contribution >= 0.6 is 0 Å². The van der Waals surface area contributed by atoms with E-state index < -0.39 is 0 Å². The Kier molecular flexibility index (Phi) is 7.53. The molecule has 9 heteroatoms. The highest BCUT2D eigenvalue weighted by Gasteiger charge is 2.44. The number of hydrogen-bond acceptors (Lipinski definition) is 7. The van der Waals surface area contributed by atoms with Crippen LogP contribution in [0.15, 0.2) is 61.1 Å². The Balaban J connectivity index is 1.11. The molecule has 2 atom stereocenters. The number of likely N-dealkylation sites (N-methyl/N-ethyl adjacent to an activating group) is 1. The lowest BCUT2D eigenvalue weighted by Crippen LogP contribution is -2.49. The molecule has 224 valence electrons. The van der Waals surface area contributed by atoms with Gasteiger partial charge in [-0.05, 0) is 68.3 Å². The monoisotopic (exact) mass is 579 g/mol. The number of amides is 1. The zero-order valence-corrected chi connectivity index (χ0v) is 25.1. The van der Waals surface area contributed by atoms with Crippen molar-refractivity contribution in [2.24, 2.45) is 5.92 Å². The van der Waals surface area contributed by atoms with Crippen LogP contribution < -0.4 is 15.8 Å². The van der Waals surface area contributed by atoms with Crippen LogP contribution in [0.3, 0.4) is 0 Å². The van der Waals surface area contributed by atoms with E-state index in [1.807, 2.05) is 36.4 Å². The normalized spacial score (nSPS) is 24.6. The van der Waals surface area contributed by atoms with E-state index in [0.717, 1.165) is 54.5 Å². The van der Waals surface area contributed by atoms with Crippen LogP contribution in [0.25, 0.3) is 22.2 Å². The van der Waals surface area contributed by atoms with Crippen molar-refractivity contribution >= 4 is 28.4 Å². The summed E-state index contributed by atoms with van der Waals surface area (Å²) in [6, 6.07) is 17.2. The number of hydrogen-bond donors (Lipinski definition) is 2. The largest absolute Gasteiger partial charge is 0.495 e. The molecule has 3 heterocycles. The maximum absolute atomic E-state index is 13.1. The van der Waals surface area contributed by atoms with Crippen molar-refractivity contribution in [3.63, 3.8) is 0 Å². The molecule has 2 aliphatic carbocycles. The van der Waals surface area contributed by atoms with Gasteiger partial charge in [0, 0.05) is 55.9 Å². The van der Waals surface area contributed by atoms with Crippen LogP contribution in [0.5, 0.6) is 5.75 Å². The molecule has 4 aromatic rings. The molecule has 1 unspecified atom stereocenters. The predicted molar refractivity (Wildman–Crippen MR) is 170 cm³/mol. The predicted octanol–water partition coefficient (Wildman–Crippen LogP) is 5.16. The van der Waals surface area contributed by atoms with Gasteiger partial charge in [0.25, 0.3) is 0 Å². The summed E-state index contributed by atoms with van der Waals surface area (Å²) < 4.78 is 8.09. The molecule has 2 saturated carbocycles. The first-order chi connectivity index (χ1) is 21.0. The molecule has 1 amide bonds. The van der Waals surface area contributed by atoms with Gasteiger partial charge < -0.3 is 25.3 Å². The highest BCUT2D eigenvalue weighted by Crippen LogP contribution is 2.48. The molecule has 3 fully saturated rings. The molecule has 0 spiro atoms. The van der Waals surface area contributed by atoms with Crippen LogP contribution in [0.2, 0.25) is 0 Å². The second-order valence-electron chi connectivity index (χ2n) is 12.5. The number of carbonyl (C=O) groups excluding carboxylic acids is 1. The van der Waals surface area contributed by atoms with Gasteiger partial charge in [-0.2, -0.15) is 0 Å². The average molecular weight is 580 g/mol. The van der Waals surface area contributed by atoms with E-state index in [9.17, 15) is 4.79 Å². The average Bonchev–Trinajstić information content (AvgIpc) is 3.76. The Morgan fingerprint density at radius 2 is 1.72 bits per heavy atom. The summed E-state index contributed by atoms with van der Waals surface area (Å²) in [4.78, 5) is 27.3. The number of carbonyl (C=O) groups is 1. The molecular weight excluding hydrogens is 538 g/mol.